The molecule has 0 bridgehead atoms. The number of H-pyrrole nitrogens is 1. The van der Waals surface area contributed by atoms with Crippen LogP contribution in [0.4, 0.5) is 0 Å². The number of methoxy groups -OCH3 is 1. The lowest BCUT2D eigenvalue weighted by molar-refractivity contribution is 0.394. The summed E-state index contributed by atoms with van der Waals surface area (Å²) >= 11 is 0. The molecule has 1 aromatic carbocycles. The van der Waals surface area contributed by atoms with Crippen LogP contribution in [-0.2, 0) is 0 Å². The van der Waals surface area contributed by atoms with Crippen molar-refractivity contribution in [3.63, 3.8) is 0 Å². The third kappa shape index (κ3) is 3.08. The van der Waals surface area contributed by atoms with Crippen molar-refractivity contribution in [2.75, 3.05) is 7.11 Å². The Morgan fingerprint density at radius 1 is 1.26 bits per heavy atom. The normalized spacial score (nSPS) is 14.1. The van der Waals surface area contributed by atoms with E-state index >= 15 is 0 Å². The van der Waals surface area contributed by atoms with Crippen molar-refractivity contribution in [2.45, 2.75) is 32.9 Å². The fraction of sp³-hybridized carbons (Fsp3) is 0.462. The van der Waals surface area contributed by atoms with Gasteiger partial charge < -0.3 is 10.1 Å². The van der Waals surface area contributed by atoms with E-state index in [1.54, 1.807) is 7.11 Å². The topological polar surface area (TPSA) is 75.7 Å². The summed E-state index contributed by atoms with van der Waals surface area (Å²) in [5.41, 5.74) is 2.29. The summed E-state index contributed by atoms with van der Waals surface area (Å²) < 4.78 is 5.43. The highest BCUT2D eigenvalue weighted by Crippen LogP contribution is 2.27. The molecule has 6 nitrogen and oxygen atoms in total. The van der Waals surface area contributed by atoms with Crippen LogP contribution in [0.3, 0.4) is 0 Å². The fourth-order valence-corrected chi connectivity index (χ4v) is 2.07. The van der Waals surface area contributed by atoms with Gasteiger partial charge in [-0.2, -0.15) is 5.21 Å². The number of tetrazole rings is 1. The number of aromatic nitrogens is 4. The molecule has 0 radical (unpaired) electrons. The van der Waals surface area contributed by atoms with Gasteiger partial charge >= 0.3 is 0 Å². The first kappa shape index (κ1) is 13.5. The van der Waals surface area contributed by atoms with Crippen molar-refractivity contribution < 1.29 is 4.74 Å². The molecule has 6 heteroatoms. The van der Waals surface area contributed by atoms with Crippen LogP contribution in [-0.4, -0.2) is 27.7 Å². The van der Waals surface area contributed by atoms with Crippen LogP contribution in [0.15, 0.2) is 18.2 Å². The van der Waals surface area contributed by atoms with Crippen molar-refractivity contribution >= 4 is 0 Å². The molecule has 102 valence electrons. The standard InChI is InChI=1S/C13H19N5O/c1-8-5-6-11(12(7-8)19-4)9(2)14-10(3)13-15-17-18-16-13/h5-7,9-10,14H,1-4H3,(H,15,16,17,18). The molecule has 0 spiro atoms. The monoisotopic (exact) mass is 261 g/mol. The molecule has 1 heterocycles. The fourth-order valence-electron chi connectivity index (χ4n) is 2.07. The molecule has 0 aliphatic heterocycles. The number of rotatable bonds is 5. The Bertz CT molecular complexity index is 526. The second kappa shape index (κ2) is 5.79. The number of ether oxygens (including phenoxy) is 1. The van der Waals surface area contributed by atoms with Gasteiger partial charge in [0.2, 0.25) is 0 Å². The number of hydrogen-bond donors (Lipinski definition) is 2. The Hall–Kier alpha value is -1.95. The summed E-state index contributed by atoms with van der Waals surface area (Å²) in [7, 11) is 1.69. The van der Waals surface area contributed by atoms with E-state index in [0.29, 0.717) is 5.82 Å². The van der Waals surface area contributed by atoms with Gasteiger partial charge in [0, 0.05) is 11.6 Å². The lowest BCUT2D eigenvalue weighted by atomic mass is 10.0. The van der Waals surface area contributed by atoms with Crippen LogP contribution in [0.25, 0.3) is 0 Å². The molecule has 19 heavy (non-hydrogen) atoms. The van der Waals surface area contributed by atoms with Gasteiger partial charge in [0.05, 0.1) is 13.2 Å². The largest absolute Gasteiger partial charge is 0.496 e. The van der Waals surface area contributed by atoms with Crippen LogP contribution < -0.4 is 10.1 Å². The minimum atomic E-state index is 0.0137. The minimum Gasteiger partial charge on any atom is -0.496 e. The van der Waals surface area contributed by atoms with Crippen molar-refractivity contribution in [3.05, 3.63) is 35.2 Å². The average molecular weight is 261 g/mol. The van der Waals surface area contributed by atoms with Gasteiger partial charge in [-0.1, -0.05) is 17.3 Å². The van der Waals surface area contributed by atoms with Gasteiger partial charge in [-0.05, 0) is 32.4 Å². The van der Waals surface area contributed by atoms with E-state index in [1.807, 2.05) is 19.9 Å². The van der Waals surface area contributed by atoms with E-state index in [-0.39, 0.29) is 12.1 Å². The number of aromatic amines is 1. The molecule has 0 aliphatic carbocycles. The predicted octanol–water partition coefficient (Wildman–Crippen LogP) is 1.93. The molecule has 2 rings (SSSR count). The summed E-state index contributed by atoms with van der Waals surface area (Å²) in [4.78, 5) is 0. The first-order valence-corrected chi connectivity index (χ1v) is 6.25. The predicted molar refractivity (Wildman–Crippen MR) is 71.9 cm³/mol. The maximum atomic E-state index is 5.43. The van der Waals surface area contributed by atoms with E-state index in [4.69, 9.17) is 4.74 Å². The molecule has 2 aromatic rings. The highest BCUT2D eigenvalue weighted by atomic mass is 16.5. The van der Waals surface area contributed by atoms with Crippen molar-refractivity contribution in [3.8, 4) is 5.75 Å². The Balaban J connectivity index is 2.13. The summed E-state index contributed by atoms with van der Waals surface area (Å²) in [5.74, 6) is 1.54. The van der Waals surface area contributed by atoms with Gasteiger partial charge in [0.1, 0.15) is 5.75 Å². The highest BCUT2D eigenvalue weighted by Gasteiger charge is 2.17. The maximum Gasteiger partial charge on any atom is 0.191 e. The summed E-state index contributed by atoms with van der Waals surface area (Å²) in [6.45, 7) is 6.14. The lowest BCUT2D eigenvalue weighted by Crippen LogP contribution is -2.23. The van der Waals surface area contributed by atoms with Gasteiger partial charge in [-0.3, -0.25) is 0 Å². The average Bonchev–Trinajstić information content (AvgIpc) is 2.92. The third-order valence-corrected chi connectivity index (χ3v) is 3.10. The second-order valence-corrected chi connectivity index (χ2v) is 4.63. The maximum absolute atomic E-state index is 5.43. The Morgan fingerprint density at radius 2 is 2.05 bits per heavy atom. The lowest BCUT2D eigenvalue weighted by Gasteiger charge is -2.20. The SMILES string of the molecule is COc1cc(C)ccc1C(C)NC(C)c1nn[nH]n1. The smallest absolute Gasteiger partial charge is 0.191 e. The molecule has 0 saturated heterocycles. The molecule has 0 fully saturated rings. The van der Waals surface area contributed by atoms with Gasteiger partial charge in [-0.15, -0.1) is 10.2 Å². The van der Waals surface area contributed by atoms with Crippen LogP contribution >= 0.6 is 0 Å². The Morgan fingerprint density at radius 3 is 2.68 bits per heavy atom. The molecule has 2 N–H and O–H groups in total. The van der Waals surface area contributed by atoms with E-state index in [0.717, 1.165) is 11.3 Å². The zero-order valence-corrected chi connectivity index (χ0v) is 11.6. The minimum absolute atomic E-state index is 0.0137. The van der Waals surface area contributed by atoms with Crippen molar-refractivity contribution in [1.82, 2.24) is 25.9 Å². The van der Waals surface area contributed by atoms with Crippen LogP contribution in [0.2, 0.25) is 0 Å². The molecule has 2 atom stereocenters. The number of hydrogen-bond acceptors (Lipinski definition) is 5. The zero-order chi connectivity index (χ0) is 13.8. The molecular formula is C13H19N5O. The molecular weight excluding hydrogens is 242 g/mol. The molecule has 0 amide bonds. The van der Waals surface area contributed by atoms with Crippen LogP contribution in [0.1, 0.15) is 42.9 Å². The number of aryl methyl sites for hydroxylation is 1. The molecule has 0 saturated carbocycles. The van der Waals surface area contributed by atoms with E-state index in [9.17, 15) is 0 Å². The van der Waals surface area contributed by atoms with Crippen molar-refractivity contribution in [2.24, 2.45) is 0 Å². The van der Waals surface area contributed by atoms with Gasteiger partial charge in [0.25, 0.3) is 0 Å². The Labute approximate surface area is 112 Å². The highest BCUT2D eigenvalue weighted by molar-refractivity contribution is 5.39. The zero-order valence-electron chi connectivity index (χ0n) is 11.6. The van der Waals surface area contributed by atoms with Crippen LogP contribution in [0, 0.1) is 6.92 Å². The van der Waals surface area contributed by atoms with E-state index in [1.165, 1.54) is 5.56 Å². The van der Waals surface area contributed by atoms with E-state index < -0.39 is 0 Å². The van der Waals surface area contributed by atoms with Crippen molar-refractivity contribution in [1.29, 1.82) is 0 Å². The summed E-state index contributed by atoms with van der Waals surface area (Å²) in [5, 5.41) is 17.4. The molecule has 1 aromatic heterocycles. The first-order chi connectivity index (χ1) is 9.11. The van der Waals surface area contributed by atoms with Crippen LogP contribution in [0.5, 0.6) is 5.75 Å². The number of benzene rings is 1. The van der Waals surface area contributed by atoms with Gasteiger partial charge in [0.15, 0.2) is 5.82 Å². The Kier molecular flexibility index (Phi) is 4.11. The quantitative estimate of drug-likeness (QED) is 0.860. The summed E-state index contributed by atoms with van der Waals surface area (Å²) in [6, 6.07) is 6.33. The second-order valence-electron chi connectivity index (χ2n) is 4.63. The third-order valence-electron chi connectivity index (χ3n) is 3.10. The molecule has 2 unspecified atom stereocenters. The number of nitrogens with one attached hydrogen (secondary N) is 2. The van der Waals surface area contributed by atoms with E-state index in [2.05, 4.69) is 45.0 Å². The number of nitrogens with zero attached hydrogens (tertiary/aromatic N) is 3. The summed E-state index contributed by atoms with van der Waals surface area (Å²) in [6.07, 6.45) is 0. The van der Waals surface area contributed by atoms with Gasteiger partial charge in [-0.25, -0.2) is 0 Å². The molecule has 0 aliphatic rings. The first-order valence-electron chi connectivity index (χ1n) is 6.25.